The molecule has 2 aliphatic heterocycles. The maximum absolute atomic E-state index is 8.95. The Bertz CT molecular complexity index is 538. The Morgan fingerprint density at radius 3 is 3.05 bits per heavy atom. The molecule has 2 saturated heterocycles. The summed E-state index contributed by atoms with van der Waals surface area (Å²) in [7, 11) is 0. The predicted molar refractivity (Wildman–Crippen MR) is 73.8 cm³/mol. The van der Waals surface area contributed by atoms with Gasteiger partial charge < -0.3 is 14.8 Å². The van der Waals surface area contributed by atoms with Crippen LogP contribution >= 0.6 is 11.6 Å². The van der Waals surface area contributed by atoms with Gasteiger partial charge in [-0.25, -0.2) is 4.98 Å². The molecule has 1 unspecified atom stereocenters. The van der Waals surface area contributed by atoms with Crippen molar-refractivity contribution < 1.29 is 9.47 Å². The van der Waals surface area contributed by atoms with Crippen LogP contribution in [0, 0.1) is 11.3 Å². The van der Waals surface area contributed by atoms with E-state index in [4.69, 9.17) is 26.3 Å². The van der Waals surface area contributed by atoms with E-state index in [-0.39, 0.29) is 16.7 Å². The molecule has 0 radical (unpaired) electrons. The van der Waals surface area contributed by atoms with Crippen LogP contribution in [0.5, 0.6) is 5.88 Å². The molecule has 6 heteroatoms. The molecule has 0 aliphatic carbocycles. The summed E-state index contributed by atoms with van der Waals surface area (Å²) in [6.07, 6.45) is 4.35. The standard InChI is InChI=1S/C14H16ClN3O2/c15-12-10(8-16)1-4-18-13(12)20-11-7-14(19-9-11)2-5-17-6-3-14/h1,4,11,17H,2-3,5-7,9H2. The van der Waals surface area contributed by atoms with Crippen molar-refractivity contribution in [3.05, 3.63) is 22.8 Å². The summed E-state index contributed by atoms with van der Waals surface area (Å²) in [6.45, 7) is 2.51. The first kappa shape index (κ1) is 13.6. The Morgan fingerprint density at radius 2 is 2.30 bits per heavy atom. The molecule has 0 bridgehead atoms. The zero-order valence-corrected chi connectivity index (χ0v) is 11.8. The largest absolute Gasteiger partial charge is 0.471 e. The van der Waals surface area contributed by atoms with E-state index in [0.29, 0.717) is 18.1 Å². The number of nitrogens with zero attached hydrogens (tertiary/aromatic N) is 2. The smallest absolute Gasteiger partial charge is 0.234 e. The highest BCUT2D eigenvalue weighted by Gasteiger charge is 2.42. The fourth-order valence-electron chi connectivity index (χ4n) is 2.86. The molecule has 2 aliphatic rings. The van der Waals surface area contributed by atoms with Crippen LogP contribution in [0.25, 0.3) is 0 Å². The molecule has 2 fully saturated rings. The minimum atomic E-state index is -0.0603. The highest BCUT2D eigenvalue weighted by Crippen LogP contribution is 2.36. The molecule has 0 aromatic carbocycles. The number of hydrogen-bond acceptors (Lipinski definition) is 5. The minimum Gasteiger partial charge on any atom is -0.471 e. The molecule has 1 atom stereocenters. The summed E-state index contributed by atoms with van der Waals surface area (Å²) in [5, 5.41) is 12.6. The fraction of sp³-hybridized carbons (Fsp3) is 0.571. The van der Waals surface area contributed by atoms with Crippen molar-refractivity contribution in [2.45, 2.75) is 31.0 Å². The van der Waals surface area contributed by atoms with Crippen molar-refractivity contribution in [1.82, 2.24) is 10.3 Å². The summed E-state index contributed by atoms with van der Waals surface area (Å²) >= 11 is 6.10. The lowest BCUT2D eigenvalue weighted by Gasteiger charge is -2.32. The second-order valence-electron chi connectivity index (χ2n) is 5.28. The molecular formula is C14H16ClN3O2. The Balaban J connectivity index is 1.69. The van der Waals surface area contributed by atoms with Gasteiger partial charge in [0, 0.05) is 12.6 Å². The van der Waals surface area contributed by atoms with Gasteiger partial charge in [0.05, 0.1) is 17.8 Å². The van der Waals surface area contributed by atoms with E-state index in [1.54, 1.807) is 6.07 Å². The third kappa shape index (κ3) is 2.59. The maximum Gasteiger partial charge on any atom is 0.234 e. The van der Waals surface area contributed by atoms with Gasteiger partial charge in [0.25, 0.3) is 0 Å². The number of piperidine rings is 1. The number of rotatable bonds is 2. The predicted octanol–water partition coefficient (Wildman–Crippen LogP) is 1.90. The maximum atomic E-state index is 8.95. The number of hydrogen-bond donors (Lipinski definition) is 1. The van der Waals surface area contributed by atoms with Gasteiger partial charge in [-0.15, -0.1) is 0 Å². The molecule has 0 saturated carbocycles. The summed E-state index contributed by atoms with van der Waals surface area (Å²) < 4.78 is 11.8. The third-order valence-electron chi connectivity index (χ3n) is 3.95. The van der Waals surface area contributed by atoms with E-state index in [1.807, 2.05) is 6.07 Å². The number of nitriles is 1. The summed E-state index contributed by atoms with van der Waals surface area (Å²) in [6, 6.07) is 3.60. The normalized spacial score (nSPS) is 24.5. The molecule has 0 amide bonds. The molecule has 3 rings (SSSR count). The van der Waals surface area contributed by atoms with Crippen LogP contribution in [0.2, 0.25) is 5.02 Å². The molecule has 1 spiro atoms. The van der Waals surface area contributed by atoms with E-state index < -0.39 is 0 Å². The van der Waals surface area contributed by atoms with E-state index in [9.17, 15) is 0 Å². The first-order valence-corrected chi connectivity index (χ1v) is 7.16. The Kier molecular flexibility index (Phi) is 3.79. The molecule has 1 aromatic heterocycles. The third-order valence-corrected chi connectivity index (χ3v) is 4.31. The van der Waals surface area contributed by atoms with Crippen LogP contribution in [0.4, 0.5) is 0 Å². The minimum absolute atomic E-state index is 0.0490. The molecule has 106 valence electrons. The van der Waals surface area contributed by atoms with Gasteiger partial charge >= 0.3 is 0 Å². The van der Waals surface area contributed by atoms with E-state index in [1.165, 1.54) is 6.20 Å². The number of aromatic nitrogens is 1. The van der Waals surface area contributed by atoms with Crippen LogP contribution in [-0.2, 0) is 4.74 Å². The zero-order valence-electron chi connectivity index (χ0n) is 11.1. The van der Waals surface area contributed by atoms with E-state index >= 15 is 0 Å². The topological polar surface area (TPSA) is 67.2 Å². The number of halogens is 1. The first-order chi connectivity index (χ1) is 9.72. The van der Waals surface area contributed by atoms with Crippen molar-refractivity contribution in [3.63, 3.8) is 0 Å². The first-order valence-electron chi connectivity index (χ1n) is 6.78. The van der Waals surface area contributed by atoms with Crippen molar-refractivity contribution in [2.24, 2.45) is 0 Å². The number of pyridine rings is 1. The average Bonchev–Trinajstić information content (AvgIpc) is 2.84. The van der Waals surface area contributed by atoms with Gasteiger partial charge in [0.1, 0.15) is 17.2 Å². The Labute approximate surface area is 122 Å². The van der Waals surface area contributed by atoms with Gasteiger partial charge in [0.2, 0.25) is 5.88 Å². The lowest BCUT2D eigenvalue weighted by atomic mass is 9.89. The molecule has 5 nitrogen and oxygen atoms in total. The average molecular weight is 294 g/mol. The van der Waals surface area contributed by atoms with Crippen LogP contribution in [-0.4, -0.2) is 36.4 Å². The SMILES string of the molecule is N#Cc1ccnc(OC2COC3(CCNCC3)C2)c1Cl. The monoisotopic (exact) mass is 293 g/mol. The second-order valence-corrected chi connectivity index (χ2v) is 5.66. The number of nitrogens with one attached hydrogen (secondary N) is 1. The van der Waals surface area contributed by atoms with Gasteiger partial charge in [-0.1, -0.05) is 11.6 Å². The molecule has 3 heterocycles. The Morgan fingerprint density at radius 1 is 1.50 bits per heavy atom. The summed E-state index contributed by atoms with van der Waals surface area (Å²) in [5.41, 5.74) is 0.321. The highest BCUT2D eigenvalue weighted by atomic mass is 35.5. The van der Waals surface area contributed by atoms with Gasteiger partial charge in [-0.2, -0.15) is 5.26 Å². The second kappa shape index (κ2) is 5.57. The van der Waals surface area contributed by atoms with E-state index in [2.05, 4.69) is 10.3 Å². The number of ether oxygens (including phenoxy) is 2. The Hall–Kier alpha value is -1.35. The van der Waals surface area contributed by atoms with Gasteiger partial charge in [0.15, 0.2) is 0 Å². The van der Waals surface area contributed by atoms with E-state index in [0.717, 1.165) is 32.4 Å². The van der Waals surface area contributed by atoms with Crippen LogP contribution < -0.4 is 10.1 Å². The lowest BCUT2D eigenvalue weighted by Crippen LogP contribution is -2.41. The highest BCUT2D eigenvalue weighted by molar-refractivity contribution is 6.32. The molecule has 1 aromatic rings. The zero-order chi connectivity index (χ0) is 14.0. The van der Waals surface area contributed by atoms with Crippen molar-refractivity contribution in [3.8, 4) is 11.9 Å². The summed E-state index contributed by atoms with van der Waals surface area (Å²) in [5.74, 6) is 0.324. The molecule has 20 heavy (non-hydrogen) atoms. The lowest BCUT2D eigenvalue weighted by molar-refractivity contribution is -0.0205. The molecule has 1 N–H and O–H groups in total. The van der Waals surface area contributed by atoms with Crippen molar-refractivity contribution in [2.75, 3.05) is 19.7 Å². The molecular weight excluding hydrogens is 278 g/mol. The quantitative estimate of drug-likeness (QED) is 0.902. The van der Waals surface area contributed by atoms with Crippen LogP contribution in [0.3, 0.4) is 0 Å². The van der Waals surface area contributed by atoms with Crippen LogP contribution in [0.1, 0.15) is 24.8 Å². The van der Waals surface area contributed by atoms with Gasteiger partial charge in [-0.05, 0) is 32.0 Å². The fourth-order valence-corrected chi connectivity index (χ4v) is 3.06. The van der Waals surface area contributed by atoms with Gasteiger partial charge in [-0.3, -0.25) is 0 Å². The summed E-state index contributed by atoms with van der Waals surface area (Å²) in [4.78, 5) is 4.11. The van der Waals surface area contributed by atoms with Crippen molar-refractivity contribution in [1.29, 1.82) is 5.26 Å². The van der Waals surface area contributed by atoms with Crippen molar-refractivity contribution >= 4 is 11.6 Å². The van der Waals surface area contributed by atoms with Crippen LogP contribution in [0.15, 0.2) is 12.3 Å².